The van der Waals surface area contributed by atoms with E-state index in [0.29, 0.717) is 5.92 Å². The van der Waals surface area contributed by atoms with Crippen LogP contribution in [0.3, 0.4) is 0 Å². The Bertz CT molecular complexity index is 218. The minimum absolute atomic E-state index is 0.0804. The molecule has 4 nitrogen and oxygen atoms in total. The molecule has 88 valence electrons. The van der Waals surface area contributed by atoms with Crippen LogP contribution in [-0.4, -0.2) is 36.0 Å². The number of likely N-dealkylation sites (tertiary alicyclic amines) is 1. The van der Waals surface area contributed by atoms with Crippen LogP contribution in [0.15, 0.2) is 0 Å². The molecule has 0 radical (unpaired) electrons. The monoisotopic (exact) mass is 213 g/mol. The van der Waals surface area contributed by atoms with Crippen LogP contribution in [0.5, 0.6) is 0 Å². The minimum Gasteiger partial charge on any atom is -0.368 e. The molecule has 1 rings (SSSR count). The maximum atomic E-state index is 11.2. The van der Waals surface area contributed by atoms with Gasteiger partial charge in [-0.2, -0.15) is 0 Å². The molecule has 1 amide bonds. The molecule has 1 saturated heterocycles. The zero-order valence-electron chi connectivity index (χ0n) is 9.78. The Morgan fingerprint density at radius 2 is 2.20 bits per heavy atom. The maximum Gasteiger partial charge on any atom is 0.234 e. The largest absolute Gasteiger partial charge is 0.368 e. The number of hydrogen-bond acceptors (Lipinski definition) is 3. The van der Waals surface area contributed by atoms with Gasteiger partial charge < -0.3 is 11.5 Å². The van der Waals surface area contributed by atoms with Crippen LogP contribution in [0.25, 0.3) is 0 Å². The summed E-state index contributed by atoms with van der Waals surface area (Å²) in [4.78, 5) is 13.3. The van der Waals surface area contributed by atoms with Gasteiger partial charge in [0.15, 0.2) is 0 Å². The second-order valence-electron chi connectivity index (χ2n) is 4.94. The third-order valence-electron chi connectivity index (χ3n) is 2.94. The highest BCUT2D eigenvalue weighted by Crippen LogP contribution is 2.17. The number of carbonyl (C=O) groups excluding carboxylic acids is 1. The zero-order chi connectivity index (χ0) is 11.4. The van der Waals surface area contributed by atoms with Gasteiger partial charge in [-0.05, 0) is 31.7 Å². The van der Waals surface area contributed by atoms with Crippen molar-refractivity contribution in [3.8, 4) is 0 Å². The standard InChI is InChI=1S/C11H23N3O/c1-8(2)6-9(12)7-14-5-3-4-10(14)11(13)15/h8-10H,3-7,12H2,1-2H3,(H2,13,15). The van der Waals surface area contributed by atoms with Crippen molar-refractivity contribution >= 4 is 5.91 Å². The van der Waals surface area contributed by atoms with Gasteiger partial charge in [-0.1, -0.05) is 13.8 Å². The summed E-state index contributed by atoms with van der Waals surface area (Å²) < 4.78 is 0. The Balaban J connectivity index is 2.39. The van der Waals surface area contributed by atoms with Gasteiger partial charge in [0.2, 0.25) is 5.91 Å². The molecule has 2 unspecified atom stereocenters. The fourth-order valence-corrected chi connectivity index (χ4v) is 2.35. The molecule has 1 aliphatic heterocycles. The van der Waals surface area contributed by atoms with Gasteiger partial charge in [0, 0.05) is 12.6 Å². The number of carbonyl (C=O) groups is 1. The first-order chi connectivity index (χ1) is 7.00. The Kier molecular flexibility index (Phi) is 4.54. The lowest BCUT2D eigenvalue weighted by Crippen LogP contribution is -2.46. The van der Waals surface area contributed by atoms with Gasteiger partial charge in [-0.25, -0.2) is 0 Å². The summed E-state index contributed by atoms with van der Waals surface area (Å²) in [6, 6.07) is 0.0770. The lowest BCUT2D eigenvalue weighted by atomic mass is 10.0. The van der Waals surface area contributed by atoms with Crippen LogP contribution in [-0.2, 0) is 4.79 Å². The molecule has 0 aromatic carbocycles. The molecule has 0 aromatic heterocycles. The number of nitrogens with two attached hydrogens (primary N) is 2. The van der Waals surface area contributed by atoms with E-state index >= 15 is 0 Å². The summed E-state index contributed by atoms with van der Waals surface area (Å²) in [7, 11) is 0. The summed E-state index contributed by atoms with van der Waals surface area (Å²) >= 11 is 0. The second kappa shape index (κ2) is 5.47. The van der Waals surface area contributed by atoms with E-state index in [-0.39, 0.29) is 18.0 Å². The number of hydrogen-bond donors (Lipinski definition) is 2. The predicted molar refractivity (Wildman–Crippen MR) is 61.2 cm³/mol. The van der Waals surface area contributed by atoms with Crippen LogP contribution in [0.4, 0.5) is 0 Å². The molecule has 1 aliphatic rings. The SMILES string of the molecule is CC(C)CC(N)CN1CCCC1C(N)=O. The van der Waals surface area contributed by atoms with Crippen LogP contribution < -0.4 is 11.5 Å². The molecule has 0 aliphatic carbocycles. The Hall–Kier alpha value is -0.610. The van der Waals surface area contributed by atoms with Crippen LogP contribution in [0.1, 0.15) is 33.1 Å². The van der Waals surface area contributed by atoms with Gasteiger partial charge >= 0.3 is 0 Å². The summed E-state index contributed by atoms with van der Waals surface area (Å²) in [6.45, 7) is 6.08. The van der Waals surface area contributed by atoms with Crippen molar-refractivity contribution < 1.29 is 4.79 Å². The lowest BCUT2D eigenvalue weighted by Gasteiger charge is -2.25. The minimum atomic E-state index is -0.204. The average Bonchev–Trinajstić information content (AvgIpc) is 2.50. The smallest absolute Gasteiger partial charge is 0.234 e. The van der Waals surface area contributed by atoms with E-state index in [0.717, 1.165) is 32.4 Å². The quantitative estimate of drug-likeness (QED) is 0.690. The fourth-order valence-electron chi connectivity index (χ4n) is 2.35. The molecule has 1 fully saturated rings. The molecule has 0 saturated carbocycles. The maximum absolute atomic E-state index is 11.2. The molecular formula is C11H23N3O. The van der Waals surface area contributed by atoms with Crippen molar-refractivity contribution in [1.82, 2.24) is 4.90 Å². The van der Waals surface area contributed by atoms with Crippen molar-refractivity contribution in [2.45, 2.75) is 45.2 Å². The molecule has 0 bridgehead atoms. The average molecular weight is 213 g/mol. The summed E-state index contributed by atoms with van der Waals surface area (Å²) in [5.74, 6) is 0.402. The molecule has 0 aromatic rings. The zero-order valence-corrected chi connectivity index (χ0v) is 9.78. The highest BCUT2D eigenvalue weighted by atomic mass is 16.1. The first-order valence-corrected chi connectivity index (χ1v) is 5.79. The third-order valence-corrected chi connectivity index (χ3v) is 2.94. The topological polar surface area (TPSA) is 72.3 Å². The molecule has 0 spiro atoms. The van der Waals surface area contributed by atoms with Gasteiger partial charge in [0.05, 0.1) is 6.04 Å². The normalized spacial score (nSPS) is 24.7. The molecular weight excluding hydrogens is 190 g/mol. The molecule has 4 heteroatoms. The van der Waals surface area contributed by atoms with Crippen molar-refractivity contribution in [3.63, 3.8) is 0 Å². The van der Waals surface area contributed by atoms with Crippen LogP contribution >= 0.6 is 0 Å². The predicted octanol–water partition coefficient (Wildman–Crippen LogP) is 0.310. The lowest BCUT2D eigenvalue weighted by molar-refractivity contribution is -0.122. The highest BCUT2D eigenvalue weighted by Gasteiger charge is 2.29. The van der Waals surface area contributed by atoms with E-state index in [1.165, 1.54) is 0 Å². The highest BCUT2D eigenvalue weighted by molar-refractivity contribution is 5.80. The first-order valence-electron chi connectivity index (χ1n) is 5.79. The van der Waals surface area contributed by atoms with Gasteiger partial charge in [0.1, 0.15) is 0 Å². The molecule has 1 heterocycles. The Morgan fingerprint density at radius 1 is 1.53 bits per heavy atom. The molecule has 4 N–H and O–H groups in total. The van der Waals surface area contributed by atoms with E-state index in [1.54, 1.807) is 0 Å². The van der Waals surface area contributed by atoms with Crippen LogP contribution in [0.2, 0.25) is 0 Å². The van der Waals surface area contributed by atoms with E-state index in [4.69, 9.17) is 11.5 Å². The molecule has 15 heavy (non-hydrogen) atoms. The third kappa shape index (κ3) is 3.80. The number of primary amides is 1. The fraction of sp³-hybridized carbons (Fsp3) is 0.909. The van der Waals surface area contributed by atoms with E-state index in [2.05, 4.69) is 18.7 Å². The van der Waals surface area contributed by atoms with E-state index < -0.39 is 0 Å². The number of rotatable bonds is 5. The van der Waals surface area contributed by atoms with Crippen molar-refractivity contribution in [3.05, 3.63) is 0 Å². The van der Waals surface area contributed by atoms with E-state index in [1.807, 2.05) is 0 Å². The first kappa shape index (κ1) is 12.5. The molecule has 2 atom stereocenters. The van der Waals surface area contributed by atoms with Gasteiger partial charge in [0.25, 0.3) is 0 Å². The number of amides is 1. The Morgan fingerprint density at radius 3 is 2.73 bits per heavy atom. The summed E-state index contributed by atoms with van der Waals surface area (Å²) in [6.07, 6.45) is 2.95. The van der Waals surface area contributed by atoms with Gasteiger partial charge in [-0.3, -0.25) is 9.69 Å². The van der Waals surface area contributed by atoms with Crippen molar-refractivity contribution in [2.75, 3.05) is 13.1 Å². The summed E-state index contributed by atoms with van der Waals surface area (Å²) in [5.41, 5.74) is 11.4. The Labute approximate surface area is 92.0 Å². The van der Waals surface area contributed by atoms with Crippen molar-refractivity contribution in [1.29, 1.82) is 0 Å². The van der Waals surface area contributed by atoms with E-state index in [9.17, 15) is 4.79 Å². The number of nitrogens with zero attached hydrogens (tertiary/aromatic N) is 1. The summed E-state index contributed by atoms with van der Waals surface area (Å²) in [5, 5.41) is 0. The van der Waals surface area contributed by atoms with Gasteiger partial charge in [-0.15, -0.1) is 0 Å². The van der Waals surface area contributed by atoms with Crippen molar-refractivity contribution in [2.24, 2.45) is 17.4 Å². The second-order valence-corrected chi connectivity index (χ2v) is 4.94. The van der Waals surface area contributed by atoms with Crippen LogP contribution in [0, 0.1) is 5.92 Å².